The summed E-state index contributed by atoms with van der Waals surface area (Å²) in [6.45, 7) is 0. The molecule has 1 heterocycles. The molecule has 2 fully saturated rings. The topological polar surface area (TPSA) is 119 Å². The number of nitrogens with two attached hydrogens (primary N) is 1. The standard InChI is InChI=1S/C15H24N2O5/c16-13(18)8-10(9-4-2-1-3-5-9)17-14(19)11-6-7-12(22-11)15(20)21/h9-12H,1-8H2,(H2,16,18)(H,17,19)(H,20,21)/t10?,11-,12+/m0/s1. The molecule has 1 unspecified atom stereocenters. The molecule has 2 amide bonds. The first-order valence-electron chi connectivity index (χ1n) is 7.94. The highest BCUT2D eigenvalue weighted by Gasteiger charge is 2.36. The molecule has 2 aliphatic rings. The van der Waals surface area contributed by atoms with E-state index in [2.05, 4.69) is 5.32 Å². The minimum Gasteiger partial charge on any atom is -0.479 e. The quantitative estimate of drug-likeness (QED) is 0.662. The van der Waals surface area contributed by atoms with Crippen LogP contribution in [-0.2, 0) is 19.1 Å². The minimum absolute atomic E-state index is 0.117. The molecule has 0 aromatic carbocycles. The number of carbonyl (C=O) groups excluding carboxylic acids is 2. The van der Waals surface area contributed by atoms with Crippen LogP contribution in [0.15, 0.2) is 0 Å². The number of carbonyl (C=O) groups is 3. The van der Waals surface area contributed by atoms with Crippen molar-refractivity contribution in [3.8, 4) is 0 Å². The first-order chi connectivity index (χ1) is 10.5. The molecular formula is C15H24N2O5. The van der Waals surface area contributed by atoms with Gasteiger partial charge < -0.3 is 20.9 Å². The van der Waals surface area contributed by atoms with Gasteiger partial charge in [-0.3, -0.25) is 9.59 Å². The molecule has 7 nitrogen and oxygen atoms in total. The van der Waals surface area contributed by atoms with Gasteiger partial charge in [-0.05, 0) is 31.6 Å². The second-order valence-corrected chi connectivity index (χ2v) is 6.21. The average molecular weight is 312 g/mol. The van der Waals surface area contributed by atoms with Crippen LogP contribution >= 0.6 is 0 Å². The maximum Gasteiger partial charge on any atom is 0.332 e. The van der Waals surface area contributed by atoms with Gasteiger partial charge in [-0.15, -0.1) is 0 Å². The fourth-order valence-electron chi connectivity index (χ4n) is 3.38. The van der Waals surface area contributed by atoms with E-state index in [1.54, 1.807) is 0 Å². The van der Waals surface area contributed by atoms with E-state index in [1.807, 2.05) is 0 Å². The number of amides is 2. The highest BCUT2D eigenvalue weighted by Crippen LogP contribution is 2.28. The Bertz CT molecular complexity index is 434. The van der Waals surface area contributed by atoms with Gasteiger partial charge >= 0.3 is 5.97 Å². The van der Waals surface area contributed by atoms with Crippen molar-refractivity contribution in [1.82, 2.24) is 5.32 Å². The summed E-state index contributed by atoms with van der Waals surface area (Å²) in [5.74, 6) is -1.56. The monoisotopic (exact) mass is 312 g/mol. The summed E-state index contributed by atoms with van der Waals surface area (Å²) >= 11 is 0. The number of rotatable bonds is 6. The van der Waals surface area contributed by atoms with Gasteiger partial charge in [0.25, 0.3) is 0 Å². The Kier molecular flexibility index (Phi) is 5.76. The molecule has 22 heavy (non-hydrogen) atoms. The fourth-order valence-corrected chi connectivity index (χ4v) is 3.38. The van der Waals surface area contributed by atoms with Gasteiger partial charge in [-0.2, -0.15) is 0 Å². The molecule has 4 N–H and O–H groups in total. The average Bonchev–Trinajstić information content (AvgIpc) is 2.97. The summed E-state index contributed by atoms with van der Waals surface area (Å²) in [5.41, 5.74) is 5.29. The summed E-state index contributed by atoms with van der Waals surface area (Å²) in [6.07, 6.45) is 4.48. The van der Waals surface area contributed by atoms with Gasteiger partial charge in [0.15, 0.2) is 6.10 Å². The maximum atomic E-state index is 12.3. The van der Waals surface area contributed by atoms with Gasteiger partial charge in [0.05, 0.1) is 0 Å². The molecule has 1 aliphatic heterocycles. The molecule has 0 radical (unpaired) electrons. The Labute approximate surface area is 129 Å². The lowest BCUT2D eigenvalue weighted by Crippen LogP contribution is -2.47. The molecular weight excluding hydrogens is 288 g/mol. The Hall–Kier alpha value is -1.63. The number of carboxylic acid groups (broad SMARTS) is 1. The third-order valence-electron chi connectivity index (χ3n) is 4.56. The van der Waals surface area contributed by atoms with Crippen LogP contribution in [0.1, 0.15) is 51.4 Å². The summed E-state index contributed by atoms with van der Waals surface area (Å²) in [4.78, 5) is 34.4. The van der Waals surface area contributed by atoms with Gasteiger partial charge in [0, 0.05) is 12.5 Å². The number of aliphatic carboxylic acids is 1. The number of nitrogens with one attached hydrogen (secondary N) is 1. The van der Waals surface area contributed by atoms with Crippen LogP contribution in [0, 0.1) is 5.92 Å². The molecule has 124 valence electrons. The van der Waals surface area contributed by atoms with E-state index in [4.69, 9.17) is 15.6 Å². The Balaban J connectivity index is 1.92. The molecule has 1 saturated carbocycles. The van der Waals surface area contributed by atoms with E-state index < -0.39 is 24.1 Å². The zero-order chi connectivity index (χ0) is 16.1. The number of hydrogen-bond donors (Lipinski definition) is 3. The fraction of sp³-hybridized carbons (Fsp3) is 0.800. The first-order valence-corrected chi connectivity index (χ1v) is 7.94. The van der Waals surface area contributed by atoms with Crippen LogP contribution in [-0.4, -0.2) is 41.1 Å². The second kappa shape index (κ2) is 7.58. The van der Waals surface area contributed by atoms with Crippen molar-refractivity contribution >= 4 is 17.8 Å². The smallest absolute Gasteiger partial charge is 0.332 e. The van der Waals surface area contributed by atoms with Crippen molar-refractivity contribution in [2.75, 3.05) is 0 Å². The summed E-state index contributed by atoms with van der Waals surface area (Å²) in [5, 5.41) is 11.8. The lowest BCUT2D eigenvalue weighted by Gasteiger charge is -2.31. The lowest BCUT2D eigenvalue weighted by atomic mass is 9.82. The van der Waals surface area contributed by atoms with Crippen LogP contribution in [0.3, 0.4) is 0 Å². The zero-order valence-corrected chi connectivity index (χ0v) is 12.6. The van der Waals surface area contributed by atoms with Crippen LogP contribution in [0.2, 0.25) is 0 Å². The van der Waals surface area contributed by atoms with Crippen LogP contribution in [0.25, 0.3) is 0 Å². The first kappa shape index (κ1) is 16.7. The van der Waals surface area contributed by atoms with Crippen LogP contribution in [0.5, 0.6) is 0 Å². The van der Waals surface area contributed by atoms with Crippen molar-refractivity contribution in [2.45, 2.75) is 69.6 Å². The van der Waals surface area contributed by atoms with Crippen molar-refractivity contribution in [3.63, 3.8) is 0 Å². The number of hydrogen-bond acceptors (Lipinski definition) is 4. The van der Waals surface area contributed by atoms with Crippen LogP contribution in [0.4, 0.5) is 0 Å². The molecule has 0 spiro atoms. The van der Waals surface area contributed by atoms with Crippen LogP contribution < -0.4 is 11.1 Å². The molecule has 0 aromatic rings. The van der Waals surface area contributed by atoms with E-state index in [-0.39, 0.29) is 24.3 Å². The third-order valence-corrected chi connectivity index (χ3v) is 4.56. The number of primary amides is 1. The molecule has 2 rings (SSSR count). The molecule has 0 aromatic heterocycles. The normalized spacial score (nSPS) is 27.3. The third kappa shape index (κ3) is 4.43. The summed E-state index contributed by atoms with van der Waals surface area (Å²) in [7, 11) is 0. The minimum atomic E-state index is -1.05. The van der Waals surface area contributed by atoms with Crippen molar-refractivity contribution < 1.29 is 24.2 Å². The molecule has 0 bridgehead atoms. The number of ether oxygens (including phenoxy) is 1. The van der Waals surface area contributed by atoms with E-state index in [0.717, 1.165) is 25.7 Å². The van der Waals surface area contributed by atoms with Crippen molar-refractivity contribution in [1.29, 1.82) is 0 Å². The predicted octanol–water partition coefficient (Wildman–Crippen LogP) is 0.559. The van der Waals surface area contributed by atoms with Crippen molar-refractivity contribution in [3.05, 3.63) is 0 Å². The largest absolute Gasteiger partial charge is 0.479 e. The molecule has 1 aliphatic carbocycles. The number of carboxylic acids is 1. The Morgan fingerprint density at radius 3 is 2.27 bits per heavy atom. The van der Waals surface area contributed by atoms with E-state index in [0.29, 0.717) is 12.8 Å². The van der Waals surface area contributed by atoms with E-state index >= 15 is 0 Å². The van der Waals surface area contributed by atoms with Gasteiger partial charge in [-0.25, -0.2) is 4.79 Å². The maximum absolute atomic E-state index is 12.3. The van der Waals surface area contributed by atoms with Crippen molar-refractivity contribution in [2.24, 2.45) is 11.7 Å². The van der Waals surface area contributed by atoms with Gasteiger partial charge in [-0.1, -0.05) is 19.3 Å². The summed E-state index contributed by atoms with van der Waals surface area (Å²) < 4.78 is 5.25. The zero-order valence-electron chi connectivity index (χ0n) is 12.6. The lowest BCUT2D eigenvalue weighted by molar-refractivity contribution is -0.152. The second-order valence-electron chi connectivity index (χ2n) is 6.21. The SMILES string of the molecule is NC(=O)CC(NC(=O)[C@@H]1CC[C@H](C(=O)O)O1)C1CCCCC1. The predicted molar refractivity (Wildman–Crippen MR) is 77.8 cm³/mol. The Morgan fingerprint density at radius 2 is 1.73 bits per heavy atom. The highest BCUT2D eigenvalue weighted by molar-refractivity contribution is 5.83. The highest BCUT2D eigenvalue weighted by atomic mass is 16.5. The van der Waals surface area contributed by atoms with E-state index in [1.165, 1.54) is 6.42 Å². The van der Waals surface area contributed by atoms with Gasteiger partial charge in [0.2, 0.25) is 11.8 Å². The molecule has 1 saturated heterocycles. The molecule has 7 heteroatoms. The Morgan fingerprint density at radius 1 is 1.09 bits per heavy atom. The van der Waals surface area contributed by atoms with Gasteiger partial charge in [0.1, 0.15) is 6.10 Å². The summed E-state index contributed by atoms with van der Waals surface area (Å²) in [6, 6.07) is -0.280. The van der Waals surface area contributed by atoms with E-state index in [9.17, 15) is 14.4 Å². The molecule has 3 atom stereocenters.